The molecule has 0 saturated heterocycles. The van der Waals surface area contributed by atoms with Crippen molar-refractivity contribution < 1.29 is 0 Å². The fourth-order valence-electron chi connectivity index (χ4n) is 19.9. The van der Waals surface area contributed by atoms with Gasteiger partial charge in [0.2, 0.25) is 0 Å². The third-order valence-corrected chi connectivity index (χ3v) is 27.8. The molecule has 18 aromatic carbocycles. The Morgan fingerprint density at radius 1 is 0.203 bits per heavy atom. The highest BCUT2D eigenvalue weighted by Gasteiger charge is 2.46. The van der Waals surface area contributed by atoms with E-state index in [1.807, 2.05) is 11.8 Å². The highest BCUT2D eigenvalue weighted by Crippen LogP contribution is 2.57. The van der Waals surface area contributed by atoms with Gasteiger partial charge in [0, 0.05) is 55.4 Å². The van der Waals surface area contributed by atoms with Gasteiger partial charge >= 0.3 is 0 Å². The van der Waals surface area contributed by atoms with E-state index in [9.17, 15) is 0 Å². The summed E-state index contributed by atoms with van der Waals surface area (Å²) in [6.07, 6.45) is 18.3. The molecule has 0 N–H and O–H groups in total. The number of benzene rings is 18. The zero-order chi connectivity index (χ0) is 85.2. The van der Waals surface area contributed by atoms with Crippen LogP contribution in [0.25, 0.3) is 200 Å². The van der Waals surface area contributed by atoms with Crippen molar-refractivity contribution in [1.82, 2.24) is 29.9 Å². The van der Waals surface area contributed by atoms with Gasteiger partial charge in [-0.05, 0) is 172 Å². The average molecular weight is 1650 g/mol. The van der Waals surface area contributed by atoms with Crippen LogP contribution in [0.1, 0.15) is 42.4 Å². The fourth-order valence-corrected chi connectivity index (χ4v) is 21.4. The van der Waals surface area contributed by atoms with Gasteiger partial charge in [-0.15, -0.1) is 11.8 Å². The van der Waals surface area contributed by atoms with Crippen molar-refractivity contribution in [2.24, 2.45) is 5.92 Å². The lowest BCUT2D eigenvalue weighted by Gasteiger charge is -2.30. The second-order valence-electron chi connectivity index (χ2n) is 34.2. The maximum atomic E-state index is 5.30. The minimum atomic E-state index is -0.0278. The van der Waals surface area contributed by atoms with Crippen LogP contribution in [0.2, 0.25) is 0 Å². The van der Waals surface area contributed by atoms with E-state index in [-0.39, 0.29) is 5.41 Å². The third kappa shape index (κ3) is 14.2. The zero-order valence-corrected chi connectivity index (χ0v) is 71.4. The van der Waals surface area contributed by atoms with E-state index < -0.39 is 0 Å². The van der Waals surface area contributed by atoms with Gasteiger partial charge in [-0.3, -0.25) is 0 Å². The van der Waals surface area contributed by atoms with Crippen LogP contribution in [0.15, 0.2) is 454 Å². The minimum absolute atomic E-state index is 0.0278. The van der Waals surface area contributed by atoms with Gasteiger partial charge in [-0.1, -0.05) is 451 Å². The Balaban J connectivity index is 0.000000147. The van der Waals surface area contributed by atoms with Gasteiger partial charge in [-0.25, -0.2) is 29.9 Å². The molecule has 0 saturated carbocycles. The van der Waals surface area contributed by atoms with Crippen molar-refractivity contribution in [3.8, 4) is 157 Å². The Bertz CT molecular complexity index is 7820. The molecule has 1 aliphatic heterocycles. The van der Waals surface area contributed by atoms with Gasteiger partial charge in [-0.2, -0.15) is 0 Å². The summed E-state index contributed by atoms with van der Waals surface area (Å²) in [5.74, 6) is 5.03. The van der Waals surface area contributed by atoms with E-state index in [0.29, 0.717) is 58.0 Å². The van der Waals surface area contributed by atoms with Crippen molar-refractivity contribution >= 4 is 54.9 Å². The maximum Gasteiger partial charge on any atom is 0.164 e. The fraction of sp³-hybridized carbons (Fsp3) is 0.0579. The van der Waals surface area contributed by atoms with E-state index >= 15 is 0 Å². The van der Waals surface area contributed by atoms with Crippen molar-refractivity contribution in [3.05, 3.63) is 466 Å². The minimum Gasteiger partial charge on any atom is -0.208 e. The Morgan fingerprint density at radius 3 is 0.938 bits per heavy atom. The van der Waals surface area contributed by atoms with Crippen LogP contribution in [0.5, 0.6) is 0 Å². The van der Waals surface area contributed by atoms with E-state index in [1.165, 1.54) is 110 Å². The van der Waals surface area contributed by atoms with E-state index in [4.69, 9.17) is 29.9 Å². The molecule has 20 aromatic rings. The van der Waals surface area contributed by atoms with Gasteiger partial charge < -0.3 is 0 Å². The number of nitrogens with zero attached hydrogens (tertiary/aromatic N) is 6. The van der Waals surface area contributed by atoms with Crippen LogP contribution in [-0.4, -0.2) is 35.2 Å². The molecule has 4 atom stereocenters. The highest BCUT2D eigenvalue weighted by atomic mass is 32.2. The SMILES string of the molecule is C1=CC2Sc3c(-c4ccc(-c5nc(-c6ccc(-c7ccc(-c8ccccc8)cc7)cc6)nc(-c6ccc(-c7cccc8ccccc78)cc6)n5)c5ccccc45)cccc3C2C=C1.CC1(C)c2c(-c3ccc(-c4nc(-c5ccc(-c6ccc(-c7ccccc7)cc6)cc5)nc(-c5ccc(-c6cccc7ccccc67)cc5)n4)c4ccccc34)cccc2C2C=CC=CC21. The first-order valence-corrected chi connectivity index (χ1v) is 45.0. The number of fused-ring (bicyclic) bond motifs is 10. The van der Waals surface area contributed by atoms with Crippen LogP contribution in [0, 0.1) is 5.92 Å². The first-order chi connectivity index (χ1) is 63.2. The highest BCUT2D eigenvalue weighted by molar-refractivity contribution is 8.00. The molecular formula is C121H84N6S. The molecule has 0 spiro atoms. The smallest absolute Gasteiger partial charge is 0.164 e. The summed E-state index contributed by atoms with van der Waals surface area (Å²) in [5.41, 5.74) is 29.0. The van der Waals surface area contributed by atoms with Crippen LogP contribution >= 0.6 is 11.8 Å². The van der Waals surface area contributed by atoms with E-state index in [2.05, 4.69) is 463 Å². The molecule has 0 amide bonds. The van der Waals surface area contributed by atoms with Crippen LogP contribution < -0.4 is 0 Å². The lowest BCUT2D eigenvalue weighted by atomic mass is 9.73. The molecular weight excluding hydrogens is 1570 g/mol. The monoisotopic (exact) mass is 1650 g/mol. The van der Waals surface area contributed by atoms with Crippen LogP contribution in [-0.2, 0) is 5.41 Å². The number of rotatable bonds is 14. The predicted molar refractivity (Wildman–Crippen MR) is 534 cm³/mol. The lowest BCUT2D eigenvalue weighted by molar-refractivity contribution is 0.395. The second-order valence-corrected chi connectivity index (χ2v) is 35.4. The summed E-state index contributed by atoms with van der Waals surface area (Å²) in [5, 5.41) is 9.91. The number of hydrogen-bond acceptors (Lipinski definition) is 7. The molecule has 604 valence electrons. The molecule has 7 heteroatoms. The molecule has 128 heavy (non-hydrogen) atoms. The molecule has 3 heterocycles. The quantitative estimate of drug-likeness (QED) is 0.107. The first-order valence-electron chi connectivity index (χ1n) is 44.1. The Morgan fingerprint density at radius 2 is 0.500 bits per heavy atom. The summed E-state index contributed by atoms with van der Waals surface area (Å²) in [7, 11) is 0. The molecule has 2 aromatic heterocycles. The second kappa shape index (κ2) is 32.8. The molecule has 4 unspecified atom stereocenters. The van der Waals surface area contributed by atoms with Crippen LogP contribution in [0.4, 0.5) is 0 Å². The Labute approximate surface area is 749 Å². The standard InChI is InChI=1S/C62H45N3.C59H39N3S/c1-62(2)57-25-11-10-21-53(57)55-24-13-23-54(58(55)62)52-38-39-56(51-20-9-8-19-50(51)52)61-64-59(46-34-30-43(31-35-46)42-28-26-41(27-29-42)40-14-4-3-5-15-40)63-60(65-61)47-36-32-45(33-37-47)49-22-12-17-44-16-6-7-18-48(44)49;1-2-12-38(13-3-1)39-24-26-40(27-25-39)41-28-32-44(33-29-41)57-60-58(45-34-30-43(31-35-45)47-20-10-15-42-14-4-5-16-46(42)47)62-59(61-57)54-37-36-50(48-17-6-7-18-49(48)54)52-21-11-22-53-51-19-8-9-23-55(51)63-56(52)53/h3-39,53,57H,1-2H3;1-37,51,55H. The van der Waals surface area contributed by atoms with Gasteiger partial charge in [0.1, 0.15) is 0 Å². The summed E-state index contributed by atoms with van der Waals surface area (Å²) in [6.45, 7) is 4.83. The normalized spacial score (nSPS) is 15.5. The molecule has 0 fully saturated rings. The maximum absolute atomic E-state index is 5.30. The molecule has 3 aliphatic carbocycles. The van der Waals surface area contributed by atoms with E-state index in [0.717, 1.165) is 77.5 Å². The Kier molecular flexibility index (Phi) is 19.8. The van der Waals surface area contributed by atoms with Crippen molar-refractivity contribution in [2.45, 2.75) is 41.2 Å². The summed E-state index contributed by atoms with van der Waals surface area (Å²) < 4.78 is 0. The molecule has 4 aliphatic rings. The topological polar surface area (TPSA) is 77.3 Å². The Hall–Kier alpha value is -15.7. The lowest BCUT2D eigenvalue weighted by Crippen LogP contribution is -2.25. The van der Waals surface area contributed by atoms with Crippen molar-refractivity contribution in [3.63, 3.8) is 0 Å². The molecule has 0 radical (unpaired) electrons. The van der Waals surface area contributed by atoms with E-state index in [1.54, 1.807) is 0 Å². The van der Waals surface area contributed by atoms with Crippen molar-refractivity contribution in [1.29, 1.82) is 0 Å². The van der Waals surface area contributed by atoms with Crippen molar-refractivity contribution in [2.75, 3.05) is 0 Å². The average Bonchev–Trinajstić information content (AvgIpc) is 1.56. The summed E-state index contributed by atoms with van der Waals surface area (Å²) in [4.78, 5) is 32.9. The number of aromatic nitrogens is 6. The third-order valence-electron chi connectivity index (χ3n) is 26.4. The predicted octanol–water partition coefficient (Wildman–Crippen LogP) is 31.5. The number of thioether (sulfide) groups is 1. The molecule has 0 bridgehead atoms. The summed E-state index contributed by atoms with van der Waals surface area (Å²) >= 11 is 1.98. The largest absolute Gasteiger partial charge is 0.208 e. The molecule has 24 rings (SSSR count). The zero-order valence-electron chi connectivity index (χ0n) is 70.6. The summed E-state index contributed by atoms with van der Waals surface area (Å²) in [6, 6.07) is 143. The van der Waals surface area contributed by atoms with Gasteiger partial charge in [0.25, 0.3) is 0 Å². The number of allylic oxidation sites excluding steroid dienone is 7. The van der Waals surface area contributed by atoms with Crippen LogP contribution in [0.3, 0.4) is 0 Å². The number of hydrogen-bond donors (Lipinski definition) is 0. The van der Waals surface area contributed by atoms with Gasteiger partial charge in [0.05, 0.1) is 0 Å². The molecule has 6 nitrogen and oxygen atoms in total. The van der Waals surface area contributed by atoms with Gasteiger partial charge in [0.15, 0.2) is 34.9 Å². The first kappa shape index (κ1) is 77.2.